The zero-order valence-electron chi connectivity index (χ0n) is 11.7. The topological polar surface area (TPSA) is 46.5 Å². The average molecular weight is 256 g/mol. The molecular weight excluding hydrogens is 228 g/mol. The van der Waals surface area contributed by atoms with Crippen molar-refractivity contribution in [3.63, 3.8) is 0 Å². The summed E-state index contributed by atoms with van der Waals surface area (Å²) >= 11 is 0. The molecular formula is C15H28O3. The van der Waals surface area contributed by atoms with E-state index >= 15 is 0 Å². The van der Waals surface area contributed by atoms with Crippen LogP contribution in [0.15, 0.2) is 0 Å². The highest BCUT2D eigenvalue weighted by Gasteiger charge is 2.18. The molecule has 0 aromatic rings. The van der Waals surface area contributed by atoms with Crippen molar-refractivity contribution in [1.29, 1.82) is 0 Å². The van der Waals surface area contributed by atoms with Crippen molar-refractivity contribution in [2.45, 2.75) is 77.2 Å². The highest BCUT2D eigenvalue weighted by atomic mass is 16.5. The fourth-order valence-corrected chi connectivity index (χ4v) is 2.69. The molecule has 1 aliphatic rings. The molecule has 18 heavy (non-hydrogen) atoms. The van der Waals surface area contributed by atoms with Crippen LogP contribution in [0.25, 0.3) is 0 Å². The lowest BCUT2D eigenvalue weighted by atomic mass is 9.89. The van der Waals surface area contributed by atoms with E-state index in [1.807, 2.05) is 0 Å². The fourth-order valence-electron chi connectivity index (χ4n) is 2.69. The summed E-state index contributed by atoms with van der Waals surface area (Å²) in [5.74, 6) is 0.157. The summed E-state index contributed by atoms with van der Waals surface area (Å²) in [6.45, 7) is 3.20. The summed E-state index contributed by atoms with van der Waals surface area (Å²) in [5, 5.41) is 8.50. The van der Waals surface area contributed by atoms with Crippen LogP contribution in [0.2, 0.25) is 0 Å². The number of aliphatic carboxylic acids is 1. The van der Waals surface area contributed by atoms with Crippen molar-refractivity contribution in [1.82, 2.24) is 0 Å². The Morgan fingerprint density at radius 1 is 1.17 bits per heavy atom. The maximum absolute atomic E-state index is 10.3. The number of carboxylic acid groups (broad SMARTS) is 1. The van der Waals surface area contributed by atoms with E-state index in [1.54, 1.807) is 0 Å². The number of carbonyl (C=O) groups is 1. The molecule has 106 valence electrons. The van der Waals surface area contributed by atoms with Crippen molar-refractivity contribution in [3.05, 3.63) is 0 Å². The molecule has 0 aromatic carbocycles. The van der Waals surface area contributed by atoms with E-state index in [1.165, 1.54) is 32.1 Å². The number of hydrogen-bond acceptors (Lipinski definition) is 2. The van der Waals surface area contributed by atoms with Crippen LogP contribution < -0.4 is 0 Å². The molecule has 3 heteroatoms. The second kappa shape index (κ2) is 9.37. The third-order valence-electron chi connectivity index (χ3n) is 3.78. The first-order valence-corrected chi connectivity index (χ1v) is 7.52. The molecule has 0 amide bonds. The van der Waals surface area contributed by atoms with Gasteiger partial charge in [0.25, 0.3) is 0 Å². The first-order chi connectivity index (χ1) is 8.68. The molecule has 1 N–H and O–H groups in total. The Balaban J connectivity index is 1.85. The lowest BCUT2D eigenvalue weighted by molar-refractivity contribution is -0.137. The van der Waals surface area contributed by atoms with E-state index in [9.17, 15) is 4.79 Å². The second-order valence-electron chi connectivity index (χ2n) is 5.68. The van der Waals surface area contributed by atoms with Gasteiger partial charge in [-0.3, -0.25) is 4.79 Å². The van der Waals surface area contributed by atoms with Crippen LogP contribution in [0.4, 0.5) is 0 Å². The molecule has 3 nitrogen and oxygen atoms in total. The lowest BCUT2D eigenvalue weighted by Crippen LogP contribution is -2.21. The number of unbranched alkanes of at least 4 members (excludes halogenated alkanes) is 4. The lowest BCUT2D eigenvalue weighted by Gasteiger charge is -2.26. The Morgan fingerprint density at radius 2 is 1.89 bits per heavy atom. The standard InChI is InChI=1S/C15H28O3/c1-13-8-7-9-14(12-13)18-11-6-4-2-3-5-10-15(16)17/h13-14H,2-12H2,1H3,(H,16,17). The van der Waals surface area contributed by atoms with Gasteiger partial charge in [-0.25, -0.2) is 0 Å². The molecule has 0 radical (unpaired) electrons. The van der Waals surface area contributed by atoms with E-state index in [4.69, 9.17) is 9.84 Å². The smallest absolute Gasteiger partial charge is 0.303 e. The highest BCUT2D eigenvalue weighted by molar-refractivity contribution is 5.66. The van der Waals surface area contributed by atoms with Gasteiger partial charge >= 0.3 is 5.97 Å². The number of hydrogen-bond donors (Lipinski definition) is 1. The molecule has 2 atom stereocenters. The largest absolute Gasteiger partial charge is 0.481 e. The minimum absolute atomic E-state index is 0.316. The molecule has 0 aliphatic heterocycles. The van der Waals surface area contributed by atoms with Gasteiger partial charge in [0, 0.05) is 13.0 Å². The van der Waals surface area contributed by atoms with E-state index in [-0.39, 0.29) is 0 Å². The fraction of sp³-hybridized carbons (Fsp3) is 0.933. The van der Waals surface area contributed by atoms with E-state index in [2.05, 4.69) is 6.92 Å². The zero-order chi connectivity index (χ0) is 13.2. The Kier molecular flexibility index (Phi) is 8.06. The minimum Gasteiger partial charge on any atom is -0.481 e. The van der Waals surface area contributed by atoms with E-state index < -0.39 is 5.97 Å². The zero-order valence-corrected chi connectivity index (χ0v) is 11.7. The molecule has 2 unspecified atom stereocenters. The monoisotopic (exact) mass is 256 g/mol. The highest BCUT2D eigenvalue weighted by Crippen LogP contribution is 2.25. The molecule has 1 fully saturated rings. The van der Waals surface area contributed by atoms with Crippen LogP contribution in [0, 0.1) is 5.92 Å². The summed E-state index contributed by atoms with van der Waals surface area (Å²) < 4.78 is 5.90. The maximum Gasteiger partial charge on any atom is 0.303 e. The average Bonchev–Trinajstić information content (AvgIpc) is 2.32. The minimum atomic E-state index is -0.676. The van der Waals surface area contributed by atoms with Gasteiger partial charge in [0.15, 0.2) is 0 Å². The van der Waals surface area contributed by atoms with Gasteiger partial charge in [-0.2, -0.15) is 0 Å². The third-order valence-corrected chi connectivity index (χ3v) is 3.78. The van der Waals surface area contributed by atoms with Crippen molar-refractivity contribution < 1.29 is 14.6 Å². The van der Waals surface area contributed by atoms with Crippen LogP contribution in [0.1, 0.15) is 71.1 Å². The van der Waals surface area contributed by atoms with Crippen molar-refractivity contribution in [2.24, 2.45) is 5.92 Å². The normalized spacial score (nSPS) is 24.1. The second-order valence-corrected chi connectivity index (χ2v) is 5.68. The van der Waals surface area contributed by atoms with Crippen molar-refractivity contribution in [2.75, 3.05) is 6.61 Å². The van der Waals surface area contributed by atoms with Gasteiger partial charge in [0.05, 0.1) is 6.10 Å². The van der Waals surface area contributed by atoms with Crippen LogP contribution in [0.5, 0.6) is 0 Å². The van der Waals surface area contributed by atoms with E-state index in [0.717, 1.165) is 38.2 Å². The predicted molar refractivity (Wildman–Crippen MR) is 72.7 cm³/mol. The van der Waals surface area contributed by atoms with E-state index in [0.29, 0.717) is 12.5 Å². The van der Waals surface area contributed by atoms with Crippen molar-refractivity contribution in [3.8, 4) is 0 Å². The summed E-state index contributed by atoms with van der Waals surface area (Å²) in [6.07, 6.45) is 11.3. The van der Waals surface area contributed by atoms with Crippen LogP contribution in [0.3, 0.4) is 0 Å². The first-order valence-electron chi connectivity index (χ1n) is 7.52. The Bertz CT molecular complexity index is 228. The molecule has 1 rings (SSSR count). The van der Waals surface area contributed by atoms with Crippen LogP contribution in [-0.2, 0) is 9.53 Å². The Hall–Kier alpha value is -0.570. The van der Waals surface area contributed by atoms with Crippen LogP contribution >= 0.6 is 0 Å². The molecule has 1 saturated carbocycles. The third kappa shape index (κ3) is 7.70. The van der Waals surface area contributed by atoms with Gasteiger partial charge in [0.2, 0.25) is 0 Å². The number of ether oxygens (including phenoxy) is 1. The van der Waals surface area contributed by atoms with Gasteiger partial charge in [0.1, 0.15) is 0 Å². The SMILES string of the molecule is CC1CCCC(OCCCCCCCC(=O)O)C1. The number of carboxylic acids is 1. The maximum atomic E-state index is 10.3. The quantitative estimate of drug-likeness (QED) is 0.634. The molecule has 0 aromatic heterocycles. The summed E-state index contributed by atoms with van der Waals surface area (Å²) in [5.41, 5.74) is 0. The molecule has 0 spiro atoms. The Morgan fingerprint density at radius 3 is 2.61 bits per heavy atom. The molecule has 0 saturated heterocycles. The molecule has 1 aliphatic carbocycles. The van der Waals surface area contributed by atoms with Gasteiger partial charge in [-0.05, 0) is 31.6 Å². The van der Waals surface area contributed by atoms with Crippen LogP contribution in [-0.4, -0.2) is 23.8 Å². The molecule has 0 bridgehead atoms. The molecule has 0 heterocycles. The Labute approximate surface area is 111 Å². The number of rotatable bonds is 9. The van der Waals surface area contributed by atoms with Crippen molar-refractivity contribution >= 4 is 5.97 Å². The van der Waals surface area contributed by atoms with Gasteiger partial charge in [-0.15, -0.1) is 0 Å². The summed E-state index contributed by atoms with van der Waals surface area (Å²) in [4.78, 5) is 10.3. The summed E-state index contributed by atoms with van der Waals surface area (Å²) in [7, 11) is 0. The summed E-state index contributed by atoms with van der Waals surface area (Å²) in [6, 6.07) is 0. The van der Waals surface area contributed by atoms with Gasteiger partial charge < -0.3 is 9.84 Å². The van der Waals surface area contributed by atoms with Gasteiger partial charge in [-0.1, -0.05) is 39.0 Å². The first kappa shape index (κ1) is 15.5. The predicted octanol–water partition coefficient (Wildman–Crippen LogP) is 4.01.